The lowest BCUT2D eigenvalue weighted by atomic mass is 10.4. The molecule has 0 saturated carbocycles. The average molecular weight is 284 g/mol. The zero-order chi connectivity index (χ0) is 13.9. The lowest BCUT2D eigenvalue weighted by molar-refractivity contribution is -0.138. The summed E-state index contributed by atoms with van der Waals surface area (Å²) in [6, 6.07) is 0. The molecule has 0 aliphatic carbocycles. The molecular formula is C9H16O6S2. The third-order valence-electron chi connectivity index (χ3n) is 1.84. The summed E-state index contributed by atoms with van der Waals surface area (Å²) in [5, 5.41) is -1.25. The molecule has 1 atom stereocenters. The molecule has 0 aliphatic rings. The van der Waals surface area contributed by atoms with Crippen LogP contribution in [0.1, 0.15) is 6.92 Å². The van der Waals surface area contributed by atoms with Gasteiger partial charge in [-0.1, -0.05) is 6.58 Å². The Hall–Kier alpha value is -0.890. The Balaban J connectivity index is 4.76. The Labute approximate surface area is 101 Å². The lowest BCUT2D eigenvalue weighted by Crippen LogP contribution is -2.33. The molecule has 0 spiro atoms. The smallest absolute Gasteiger partial charge is 0.333 e. The van der Waals surface area contributed by atoms with E-state index in [1.807, 2.05) is 0 Å². The predicted octanol–water partition coefficient (Wildman–Crippen LogP) is -0.436. The van der Waals surface area contributed by atoms with Gasteiger partial charge in [-0.05, 0) is 6.92 Å². The maximum atomic E-state index is 11.3. The number of sulfone groups is 2. The van der Waals surface area contributed by atoms with E-state index in [1.54, 1.807) is 0 Å². The van der Waals surface area contributed by atoms with Gasteiger partial charge >= 0.3 is 5.97 Å². The van der Waals surface area contributed by atoms with Crippen LogP contribution in [0.4, 0.5) is 0 Å². The van der Waals surface area contributed by atoms with E-state index in [9.17, 15) is 21.6 Å². The van der Waals surface area contributed by atoms with E-state index >= 15 is 0 Å². The van der Waals surface area contributed by atoms with Crippen molar-refractivity contribution in [1.29, 1.82) is 0 Å². The fourth-order valence-electron chi connectivity index (χ4n) is 0.925. The normalized spacial score (nSPS) is 14.1. The van der Waals surface area contributed by atoms with Gasteiger partial charge in [0.25, 0.3) is 0 Å². The van der Waals surface area contributed by atoms with E-state index in [1.165, 1.54) is 6.92 Å². The van der Waals surface area contributed by atoms with Crippen LogP contribution in [0, 0.1) is 0 Å². The van der Waals surface area contributed by atoms with Crippen molar-refractivity contribution >= 4 is 25.6 Å². The standard InChI is InChI=1S/C9H16O6S2/c1-7(2)9(10)15-5-8(17(4,13)14)6-16(3,11)12/h8H,1,5-6H2,2-4H3. The van der Waals surface area contributed by atoms with Gasteiger partial charge in [-0.3, -0.25) is 0 Å². The molecule has 0 aromatic carbocycles. The summed E-state index contributed by atoms with van der Waals surface area (Å²) in [5.74, 6) is -1.32. The minimum atomic E-state index is -3.61. The van der Waals surface area contributed by atoms with Crippen molar-refractivity contribution in [3.05, 3.63) is 12.2 Å². The highest BCUT2D eigenvalue weighted by Crippen LogP contribution is 2.05. The van der Waals surface area contributed by atoms with Crippen molar-refractivity contribution in [2.24, 2.45) is 0 Å². The monoisotopic (exact) mass is 284 g/mol. The Morgan fingerprint density at radius 1 is 1.24 bits per heavy atom. The summed E-state index contributed by atoms with van der Waals surface area (Å²) in [6.07, 6.45) is 1.82. The Morgan fingerprint density at radius 2 is 1.71 bits per heavy atom. The van der Waals surface area contributed by atoms with E-state index in [-0.39, 0.29) is 5.57 Å². The molecular weight excluding hydrogens is 268 g/mol. The SMILES string of the molecule is C=C(C)C(=O)OCC(CS(C)(=O)=O)S(C)(=O)=O. The van der Waals surface area contributed by atoms with Gasteiger partial charge in [0.2, 0.25) is 0 Å². The maximum Gasteiger partial charge on any atom is 0.333 e. The summed E-state index contributed by atoms with van der Waals surface area (Å²) in [6.45, 7) is 4.25. The van der Waals surface area contributed by atoms with Gasteiger partial charge < -0.3 is 4.74 Å². The third kappa shape index (κ3) is 7.11. The van der Waals surface area contributed by atoms with Crippen molar-refractivity contribution in [3.63, 3.8) is 0 Å². The molecule has 100 valence electrons. The zero-order valence-corrected chi connectivity index (χ0v) is 11.6. The fourth-order valence-corrected chi connectivity index (χ4v) is 3.74. The molecule has 6 nitrogen and oxygen atoms in total. The van der Waals surface area contributed by atoms with Crippen LogP contribution in [-0.4, -0.2) is 52.9 Å². The fraction of sp³-hybridized carbons (Fsp3) is 0.667. The molecule has 0 N–H and O–H groups in total. The number of hydrogen-bond donors (Lipinski definition) is 0. The van der Waals surface area contributed by atoms with Crippen LogP contribution in [0.3, 0.4) is 0 Å². The van der Waals surface area contributed by atoms with E-state index < -0.39 is 43.3 Å². The number of hydrogen-bond acceptors (Lipinski definition) is 6. The summed E-state index contributed by atoms with van der Waals surface area (Å²) in [5.41, 5.74) is 0.122. The first kappa shape index (κ1) is 16.1. The quantitative estimate of drug-likeness (QED) is 0.485. The van der Waals surface area contributed by atoms with Crippen LogP contribution in [0.5, 0.6) is 0 Å². The van der Waals surface area contributed by atoms with Crippen molar-refractivity contribution in [1.82, 2.24) is 0 Å². The minimum absolute atomic E-state index is 0.122. The molecule has 0 amide bonds. The van der Waals surface area contributed by atoms with Gasteiger partial charge in [-0.25, -0.2) is 21.6 Å². The van der Waals surface area contributed by atoms with Crippen molar-refractivity contribution in [2.45, 2.75) is 12.2 Å². The Bertz CT molecular complexity index is 500. The molecule has 0 fully saturated rings. The molecule has 0 saturated heterocycles. The Morgan fingerprint density at radius 3 is 2.00 bits per heavy atom. The maximum absolute atomic E-state index is 11.3. The van der Waals surface area contributed by atoms with E-state index in [4.69, 9.17) is 0 Å². The molecule has 0 radical (unpaired) electrons. The van der Waals surface area contributed by atoms with Crippen LogP contribution in [0.25, 0.3) is 0 Å². The van der Waals surface area contributed by atoms with E-state index in [2.05, 4.69) is 11.3 Å². The molecule has 1 unspecified atom stereocenters. The first-order chi connectivity index (χ1) is 7.43. The van der Waals surface area contributed by atoms with Crippen LogP contribution in [0.15, 0.2) is 12.2 Å². The topological polar surface area (TPSA) is 94.6 Å². The first-order valence-electron chi connectivity index (χ1n) is 4.62. The van der Waals surface area contributed by atoms with Gasteiger partial charge in [0, 0.05) is 18.1 Å². The number of carbonyl (C=O) groups is 1. The van der Waals surface area contributed by atoms with Crippen molar-refractivity contribution in [2.75, 3.05) is 24.9 Å². The summed E-state index contributed by atoms with van der Waals surface area (Å²) >= 11 is 0. The number of ether oxygens (including phenoxy) is 1. The second-order valence-electron chi connectivity index (χ2n) is 3.92. The summed E-state index contributed by atoms with van der Waals surface area (Å²) in [7, 11) is -7.07. The number of rotatable bonds is 6. The second-order valence-corrected chi connectivity index (χ2v) is 8.43. The first-order valence-corrected chi connectivity index (χ1v) is 8.64. The molecule has 0 heterocycles. The number of esters is 1. The highest BCUT2D eigenvalue weighted by molar-refractivity contribution is 7.94. The molecule has 0 rings (SSSR count). The largest absolute Gasteiger partial charge is 0.461 e. The van der Waals surface area contributed by atoms with Gasteiger partial charge in [-0.2, -0.15) is 0 Å². The van der Waals surface area contributed by atoms with Crippen LogP contribution in [0.2, 0.25) is 0 Å². The number of carbonyl (C=O) groups excluding carboxylic acids is 1. The summed E-state index contributed by atoms with van der Waals surface area (Å²) < 4.78 is 49.4. The van der Waals surface area contributed by atoms with Crippen molar-refractivity contribution in [3.8, 4) is 0 Å². The van der Waals surface area contributed by atoms with Gasteiger partial charge in [0.1, 0.15) is 21.7 Å². The molecule has 17 heavy (non-hydrogen) atoms. The lowest BCUT2D eigenvalue weighted by Gasteiger charge is -2.14. The second kappa shape index (κ2) is 5.63. The van der Waals surface area contributed by atoms with E-state index in [0.29, 0.717) is 0 Å². The molecule has 8 heteroatoms. The zero-order valence-electron chi connectivity index (χ0n) is 9.96. The van der Waals surface area contributed by atoms with Gasteiger partial charge in [-0.15, -0.1) is 0 Å². The predicted molar refractivity (Wildman–Crippen MR) is 64.1 cm³/mol. The molecule has 0 aromatic rings. The van der Waals surface area contributed by atoms with Crippen LogP contribution in [-0.2, 0) is 29.2 Å². The minimum Gasteiger partial charge on any atom is -0.461 e. The van der Waals surface area contributed by atoms with Crippen LogP contribution < -0.4 is 0 Å². The average Bonchev–Trinajstić information content (AvgIpc) is 2.07. The van der Waals surface area contributed by atoms with E-state index in [0.717, 1.165) is 12.5 Å². The highest BCUT2D eigenvalue weighted by Gasteiger charge is 2.26. The third-order valence-corrected chi connectivity index (χ3v) is 4.58. The van der Waals surface area contributed by atoms with Gasteiger partial charge in [0.05, 0.1) is 5.75 Å². The van der Waals surface area contributed by atoms with Crippen LogP contribution >= 0.6 is 0 Å². The molecule has 0 bridgehead atoms. The molecule has 0 aromatic heterocycles. The van der Waals surface area contributed by atoms with Crippen molar-refractivity contribution < 1.29 is 26.4 Å². The Kier molecular flexibility index (Phi) is 5.34. The molecule has 0 aliphatic heterocycles. The summed E-state index contributed by atoms with van der Waals surface area (Å²) in [4.78, 5) is 11.1. The highest BCUT2D eigenvalue weighted by atomic mass is 32.2. The van der Waals surface area contributed by atoms with Gasteiger partial charge in [0.15, 0.2) is 9.84 Å².